The van der Waals surface area contributed by atoms with Crippen LogP contribution in [0.25, 0.3) is 22.3 Å². The van der Waals surface area contributed by atoms with Crippen molar-refractivity contribution in [3.05, 3.63) is 163 Å². The number of thiol groups is 1. The molecule has 0 amide bonds. The second-order valence-electron chi connectivity index (χ2n) is 9.98. The molecule has 6 rings (SSSR count). The minimum absolute atomic E-state index is 0.680. The van der Waals surface area contributed by atoms with E-state index in [1.807, 2.05) is 11.8 Å². The van der Waals surface area contributed by atoms with Crippen molar-refractivity contribution < 1.29 is 0 Å². The van der Waals surface area contributed by atoms with Gasteiger partial charge in [-0.1, -0.05) is 115 Å². The van der Waals surface area contributed by atoms with Gasteiger partial charge in [-0.3, -0.25) is 0 Å². The highest BCUT2D eigenvalue weighted by Crippen LogP contribution is 2.54. The summed E-state index contributed by atoms with van der Waals surface area (Å²) in [7, 11) is -0.680. The van der Waals surface area contributed by atoms with Crippen LogP contribution in [0.4, 0.5) is 0 Å². The third kappa shape index (κ3) is 5.79. The van der Waals surface area contributed by atoms with Crippen LogP contribution in [-0.4, -0.2) is 0 Å². The van der Waals surface area contributed by atoms with Crippen LogP contribution >= 0.6 is 22.7 Å². The summed E-state index contributed by atoms with van der Waals surface area (Å²) in [5.74, 6) is 0. The summed E-state index contributed by atoms with van der Waals surface area (Å²) >= 11 is 1.83. The van der Waals surface area contributed by atoms with E-state index in [0.29, 0.717) is 0 Å². The largest absolute Gasteiger partial charge is 0.172 e. The molecule has 0 aliphatic rings. The molecular formula is C38H32S2. The van der Waals surface area contributed by atoms with Gasteiger partial charge in [-0.2, -0.15) is 10.9 Å². The molecule has 1 unspecified atom stereocenters. The first-order valence-electron chi connectivity index (χ1n) is 13.6. The Morgan fingerprint density at radius 3 is 1.45 bits per heavy atom. The van der Waals surface area contributed by atoms with E-state index in [1.165, 1.54) is 57.9 Å². The molecule has 0 saturated heterocycles. The molecule has 0 heterocycles. The number of rotatable bonds is 7. The van der Waals surface area contributed by atoms with Crippen LogP contribution in [0, 0.1) is 13.8 Å². The minimum Gasteiger partial charge on any atom is -0.172 e. The molecule has 6 aromatic carbocycles. The van der Waals surface area contributed by atoms with Crippen molar-refractivity contribution in [1.29, 1.82) is 0 Å². The molecule has 0 aliphatic carbocycles. The van der Waals surface area contributed by atoms with Crippen LogP contribution in [0.1, 0.15) is 11.1 Å². The maximum Gasteiger partial charge on any atom is 0.0125 e. The Bertz CT molecular complexity index is 1700. The van der Waals surface area contributed by atoms with Crippen LogP contribution in [-0.2, 0) is 0 Å². The van der Waals surface area contributed by atoms with E-state index in [2.05, 4.69) is 166 Å². The lowest BCUT2D eigenvalue weighted by atomic mass is 10.1. The van der Waals surface area contributed by atoms with E-state index >= 15 is 0 Å². The number of hydrogen-bond acceptors (Lipinski definition) is 1. The number of hydrogen-bond donors (Lipinski definition) is 1. The van der Waals surface area contributed by atoms with E-state index in [9.17, 15) is 0 Å². The lowest BCUT2D eigenvalue weighted by Gasteiger charge is -2.27. The predicted molar refractivity (Wildman–Crippen MR) is 174 cm³/mol. The van der Waals surface area contributed by atoms with Crippen LogP contribution in [0.5, 0.6) is 0 Å². The summed E-state index contributed by atoms with van der Waals surface area (Å²) in [6.07, 6.45) is 0. The van der Waals surface area contributed by atoms with Gasteiger partial charge in [0, 0.05) is 9.79 Å². The molecule has 1 atom stereocenters. The van der Waals surface area contributed by atoms with Gasteiger partial charge >= 0.3 is 0 Å². The zero-order chi connectivity index (χ0) is 27.3. The lowest BCUT2D eigenvalue weighted by molar-refractivity contribution is 1.20. The Morgan fingerprint density at radius 2 is 0.875 bits per heavy atom. The summed E-state index contributed by atoms with van der Waals surface area (Å²) in [5.41, 5.74) is 7.69. The predicted octanol–water partition coefficient (Wildman–Crippen LogP) is 11.3. The molecule has 2 heteroatoms. The lowest BCUT2D eigenvalue weighted by Crippen LogP contribution is -1.94. The topological polar surface area (TPSA) is 0 Å². The Balaban J connectivity index is 1.30. The fourth-order valence-electron chi connectivity index (χ4n) is 5.08. The van der Waals surface area contributed by atoms with Gasteiger partial charge in [0.2, 0.25) is 0 Å². The molecule has 0 bridgehead atoms. The maximum absolute atomic E-state index is 2.36. The zero-order valence-electron chi connectivity index (χ0n) is 22.8. The van der Waals surface area contributed by atoms with Gasteiger partial charge in [0.05, 0.1) is 0 Å². The van der Waals surface area contributed by atoms with E-state index in [0.717, 1.165) is 0 Å². The monoisotopic (exact) mass is 552 g/mol. The Hall–Kier alpha value is -3.98. The van der Waals surface area contributed by atoms with Crippen molar-refractivity contribution in [1.82, 2.24) is 0 Å². The van der Waals surface area contributed by atoms with Crippen molar-refractivity contribution in [2.45, 2.75) is 38.3 Å². The molecule has 0 aromatic heterocycles. The third-order valence-corrected chi connectivity index (χ3v) is 11.0. The maximum atomic E-state index is 2.36. The minimum atomic E-state index is -0.680. The Labute approximate surface area is 245 Å². The molecule has 40 heavy (non-hydrogen) atoms. The first-order valence-corrected chi connectivity index (χ1v) is 15.8. The Kier molecular flexibility index (Phi) is 7.90. The molecule has 0 nitrogen and oxygen atoms in total. The zero-order valence-corrected chi connectivity index (χ0v) is 24.5. The van der Waals surface area contributed by atoms with E-state index in [-0.39, 0.29) is 0 Å². The Morgan fingerprint density at radius 1 is 0.400 bits per heavy atom. The van der Waals surface area contributed by atoms with Gasteiger partial charge in [0.25, 0.3) is 0 Å². The van der Waals surface area contributed by atoms with E-state index in [1.54, 1.807) is 0 Å². The first-order chi connectivity index (χ1) is 19.7. The highest BCUT2D eigenvalue weighted by atomic mass is 32.2. The molecule has 196 valence electrons. The van der Waals surface area contributed by atoms with E-state index in [4.69, 9.17) is 0 Å². The second kappa shape index (κ2) is 12.0. The van der Waals surface area contributed by atoms with Crippen LogP contribution in [0.2, 0.25) is 0 Å². The van der Waals surface area contributed by atoms with Crippen molar-refractivity contribution in [3.8, 4) is 22.3 Å². The molecule has 6 aromatic rings. The quantitative estimate of drug-likeness (QED) is 0.192. The molecular weight excluding hydrogens is 521 g/mol. The van der Waals surface area contributed by atoms with Crippen LogP contribution in [0.3, 0.4) is 0 Å². The average molecular weight is 553 g/mol. The SMILES string of the molecule is Cc1ccccc1[SH](c1ccc(-c2ccccc2)cc1)c1ccc(Sc2ccc(-c3ccccc3)cc2)cc1C. The molecule has 0 saturated carbocycles. The molecule has 0 N–H and O–H groups in total. The summed E-state index contributed by atoms with van der Waals surface area (Å²) in [4.78, 5) is 6.74. The summed E-state index contributed by atoms with van der Waals surface area (Å²) in [6.45, 7) is 4.51. The van der Waals surface area contributed by atoms with Gasteiger partial charge in [-0.15, -0.1) is 0 Å². The van der Waals surface area contributed by atoms with Crippen molar-refractivity contribution in [2.24, 2.45) is 0 Å². The fraction of sp³-hybridized carbons (Fsp3) is 0.0526. The van der Waals surface area contributed by atoms with Gasteiger partial charge in [-0.05, 0) is 110 Å². The summed E-state index contributed by atoms with van der Waals surface area (Å²) < 4.78 is 0. The summed E-state index contributed by atoms with van der Waals surface area (Å²) in [6, 6.07) is 55.2. The number of aryl methyl sites for hydroxylation is 2. The van der Waals surface area contributed by atoms with Gasteiger partial charge in [0.1, 0.15) is 0 Å². The van der Waals surface area contributed by atoms with Gasteiger partial charge in [-0.25, -0.2) is 0 Å². The highest BCUT2D eigenvalue weighted by molar-refractivity contribution is 8.17. The smallest absolute Gasteiger partial charge is 0.0125 e. The molecule has 0 fully saturated rings. The molecule has 0 radical (unpaired) electrons. The third-order valence-electron chi connectivity index (χ3n) is 7.20. The van der Waals surface area contributed by atoms with Gasteiger partial charge < -0.3 is 0 Å². The standard InChI is InChI=1S/C38H32S2/c1-28-11-9-10-16-37(28)40(36-24-19-33(20-25-36)31-14-7-4-8-15-31)38-26-23-35(27-29(38)2)39-34-21-17-32(18-22-34)30-12-5-3-6-13-30/h3-27,40H,1-2H3. The van der Waals surface area contributed by atoms with Crippen molar-refractivity contribution >= 4 is 22.7 Å². The van der Waals surface area contributed by atoms with Crippen molar-refractivity contribution in [2.75, 3.05) is 0 Å². The summed E-state index contributed by atoms with van der Waals surface area (Å²) in [5, 5.41) is 0. The fourth-order valence-corrected chi connectivity index (χ4v) is 8.56. The second-order valence-corrected chi connectivity index (χ2v) is 13.3. The number of benzene rings is 6. The van der Waals surface area contributed by atoms with Crippen LogP contribution < -0.4 is 0 Å². The first kappa shape index (κ1) is 26.3. The van der Waals surface area contributed by atoms with Crippen molar-refractivity contribution in [3.63, 3.8) is 0 Å². The van der Waals surface area contributed by atoms with E-state index < -0.39 is 10.9 Å². The van der Waals surface area contributed by atoms with Crippen LogP contribution in [0.15, 0.2) is 176 Å². The normalized spacial score (nSPS) is 12.2. The molecule has 0 spiro atoms. The molecule has 0 aliphatic heterocycles. The average Bonchev–Trinajstić information content (AvgIpc) is 3.01. The van der Waals surface area contributed by atoms with Gasteiger partial charge in [0.15, 0.2) is 0 Å². The highest BCUT2D eigenvalue weighted by Gasteiger charge is 2.17.